The zero-order valence-corrected chi connectivity index (χ0v) is 17.5. The fourth-order valence-electron chi connectivity index (χ4n) is 4.38. The Bertz CT molecular complexity index is 1050. The normalized spacial score (nSPS) is 19.5. The molecule has 1 aliphatic heterocycles. The van der Waals surface area contributed by atoms with Crippen LogP contribution in [0.2, 0.25) is 0 Å². The lowest BCUT2D eigenvalue weighted by atomic mass is 9.74. The van der Waals surface area contributed by atoms with Crippen molar-refractivity contribution in [2.24, 2.45) is 5.92 Å². The molecular formula is C28H27NO. The van der Waals surface area contributed by atoms with E-state index in [9.17, 15) is 4.79 Å². The lowest BCUT2D eigenvalue weighted by Gasteiger charge is -2.39. The molecule has 0 saturated heterocycles. The van der Waals surface area contributed by atoms with Crippen molar-refractivity contribution in [3.05, 3.63) is 119 Å². The standard InChI is InChI=1S/C28H27NO/c1-21-26(24-16-8-4-9-17-24)27(25-18-10-5-11-19-25)22(2)29(28(21)30)20-12-15-23-13-6-3-7-14-23/h3-19,21,26H,20H2,1-2H3/b15-12+/t21-,26+/m0/s1. The SMILES string of the molecule is CC1=C(c2ccccc2)[C@@H](c2ccccc2)[C@H](C)C(=O)N1C/C=C/c1ccccc1. The summed E-state index contributed by atoms with van der Waals surface area (Å²) in [4.78, 5) is 15.3. The van der Waals surface area contributed by atoms with Crippen LogP contribution in [-0.4, -0.2) is 17.4 Å². The van der Waals surface area contributed by atoms with Crippen molar-refractivity contribution in [2.45, 2.75) is 19.8 Å². The third-order valence-electron chi connectivity index (χ3n) is 5.90. The van der Waals surface area contributed by atoms with E-state index in [1.807, 2.05) is 35.2 Å². The van der Waals surface area contributed by atoms with Gasteiger partial charge in [0.15, 0.2) is 0 Å². The minimum absolute atomic E-state index is 0.0513. The molecule has 4 rings (SSSR count). The first kappa shape index (κ1) is 19.9. The molecular weight excluding hydrogens is 366 g/mol. The van der Waals surface area contributed by atoms with Crippen molar-refractivity contribution in [2.75, 3.05) is 6.54 Å². The Hall–Kier alpha value is -3.39. The molecule has 0 bridgehead atoms. The second-order valence-corrected chi connectivity index (χ2v) is 7.80. The van der Waals surface area contributed by atoms with Crippen LogP contribution >= 0.6 is 0 Å². The highest BCUT2D eigenvalue weighted by molar-refractivity contribution is 5.92. The van der Waals surface area contributed by atoms with Crippen LogP contribution in [0.1, 0.15) is 36.5 Å². The fraction of sp³-hybridized carbons (Fsp3) is 0.179. The molecule has 0 unspecified atom stereocenters. The van der Waals surface area contributed by atoms with Crippen LogP contribution in [0.5, 0.6) is 0 Å². The largest absolute Gasteiger partial charge is 0.312 e. The van der Waals surface area contributed by atoms with E-state index >= 15 is 0 Å². The minimum atomic E-state index is -0.128. The van der Waals surface area contributed by atoms with Crippen LogP contribution in [0.25, 0.3) is 11.6 Å². The molecule has 30 heavy (non-hydrogen) atoms. The van der Waals surface area contributed by atoms with Crippen molar-refractivity contribution in [3.8, 4) is 0 Å². The molecule has 1 heterocycles. The van der Waals surface area contributed by atoms with E-state index in [1.165, 1.54) is 16.7 Å². The number of allylic oxidation sites excluding steroid dienone is 2. The molecule has 0 aromatic heterocycles. The van der Waals surface area contributed by atoms with Gasteiger partial charge in [0.25, 0.3) is 0 Å². The van der Waals surface area contributed by atoms with E-state index in [0.29, 0.717) is 6.54 Å². The van der Waals surface area contributed by atoms with E-state index in [0.717, 1.165) is 11.3 Å². The lowest BCUT2D eigenvalue weighted by Crippen LogP contribution is -2.41. The molecule has 2 atom stereocenters. The van der Waals surface area contributed by atoms with Gasteiger partial charge in [0, 0.05) is 24.1 Å². The summed E-state index contributed by atoms with van der Waals surface area (Å²) in [6, 6.07) is 31.1. The van der Waals surface area contributed by atoms with Crippen molar-refractivity contribution in [1.82, 2.24) is 4.90 Å². The predicted octanol–water partition coefficient (Wildman–Crippen LogP) is 6.39. The summed E-state index contributed by atoms with van der Waals surface area (Å²) in [5.41, 5.74) is 5.79. The number of amides is 1. The summed E-state index contributed by atoms with van der Waals surface area (Å²) in [6.45, 7) is 4.71. The van der Waals surface area contributed by atoms with Gasteiger partial charge in [-0.15, -0.1) is 0 Å². The highest BCUT2D eigenvalue weighted by atomic mass is 16.2. The average molecular weight is 394 g/mol. The van der Waals surface area contributed by atoms with Crippen molar-refractivity contribution < 1.29 is 4.79 Å². The molecule has 0 spiro atoms. The summed E-state index contributed by atoms with van der Waals surface area (Å²) >= 11 is 0. The summed E-state index contributed by atoms with van der Waals surface area (Å²) in [5, 5.41) is 0. The molecule has 150 valence electrons. The lowest BCUT2D eigenvalue weighted by molar-refractivity contribution is -0.133. The predicted molar refractivity (Wildman–Crippen MR) is 125 cm³/mol. The number of carbonyl (C=O) groups excluding carboxylic acids is 1. The average Bonchev–Trinajstić information content (AvgIpc) is 2.80. The van der Waals surface area contributed by atoms with E-state index in [4.69, 9.17) is 0 Å². The summed E-state index contributed by atoms with van der Waals surface area (Å²) < 4.78 is 0. The quantitative estimate of drug-likeness (QED) is 0.492. The number of hydrogen-bond acceptors (Lipinski definition) is 1. The molecule has 3 aromatic rings. The van der Waals surface area contributed by atoms with Crippen molar-refractivity contribution in [3.63, 3.8) is 0 Å². The van der Waals surface area contributed by atoms with Crippen LogP contribution in [0.3, 0.4) is 0 Å². The zero-order valence-electron chi connectivity index (χ0n) is 17.5. The van der Waals surface area contributed by atoms with Gasteiger partial charge in [-0.3, -0.25) is 4.79 Å². The van der Waals surface area contributed by atoms with E-state index in [2.05, 4.69) is 86.7 Å². The van der Waals surface area contributed by atoms with Gasteiger partial charge in [-0.25, -0.2) is 0 Å². The zero-order chi connectivity index (χ0) is 20.9. The van der Waals surface area contributed by atoms with Crippen LogP contribution in [0, 0.1) is 5.92 Å². The van der Waals surface area contributed by atoms with Crippen LogP contribution in [-0.2, 0) is 4.79 Å². The monoisotopic (exact) mass is 393 g/mol. The first-order valence-corrected chi connectivity index (χ1v) is 10.5. The number of rotatable bonds is 5. The van der Waals surface area contributed by atoms with Gasteiger partial charge in [-0.05, 0) is 29.2 Å². The van der Waals surface area contributed by atoms with Gasteiger partial charge in [-0.1, -0.05) is 110 Å². The second kappa shape index (κ2) is 8.96. The van der Waals surface area contributed by atoms with Gasteiger partial charge >= 0.3 is 0 Å². The highest BCUT2D eigenvalue weighted by Gasteiger charge is 2.38. The van der Waals surface area contributed by atoms with Crippen LogP contribution < -0.4 is 0 Å². The van der Waals surface area contributed by atoms with Crippen molar-refractivity contribution in [1.29, 1.82) is 0 Å². The Morgan fingerprint density at radius 3 is 2.03 bits per heavy atom. The maximum absolute atomic E-state index is 13.4. The molecule has 2 heteroatoms. The van der Waals surface area contributed by atoms with E-state index in [1.54, 1.807) is 0 Å². The van der Waals surface area contributed by atoms with Gasteiger partial charge in [0.2, 0.25) is 5.91 Å². The molecule has 0 aliphatic carbocycles. The molecule has 0 radical (unpaired) electrons. The Labute approximate surface area is 179 Å². The number of hydrogen-bond donors (Lipinski definition) is 0. The van der Waals surface area contributed by atoms with Gasteiger partial charge in [-0.2, -0.15) is 0 Å². The molecule has 2 nitrogen and oxygen atoms in total. The highest BCUT2D eigenvalue weighted by Crippen LogP contribution is 2.45. The molecule has 0 fully saturated rings. The molecule has 1 amide bonds. The Balaban J connectivity index is 1.75. The molecule has 3 aromatic carbocycles. The van der Waals surface area contributed by atoms with Crippen LogP contribution in [0.15, 0.2) is 103 Å². The fourth-order valence-corrected chi connectivity index (χ4v) is 4.38. The van der Waals surface area contributed by atoms with Crippen molar-refractivity contribution >= 4 is 17.6 Å². The number of benzene rings is 3. The van der Waals surface area contributed by atoms with Gasteiger partial charge in [0.05, 0.1) is 0 Å². The molecule has 1 aliphatic rings. The van der Waals surface area contributed by atoms with E-state index < -0.39 is 0 Å². The summed E-state index contributed by atoms with van der Waals surface area (Å²) in [6.07, 6.45) is 4.16. The first-order valence-electron chi connectivity index (χ1n) is 10.5. The number of carbonyl (C=O) groups is 1. The smallest absolute Gasteiger partial charge is 0.230 e. The summed E-state index contributed by atoms with van der Waals surface area (Å²) in [5.74, 6) is 0.102. The molecule has 0 N–H and O–H groups in total. The third kappa shape index (κ3) is 3.99. The topological polar surface area (TPSA) is 20.3 Å². The summed E-state index contributed by atoms with van der Waals surface area (Å²) in [7, 11) is 0. The second-order valence-electron chi connectivity index (χ2n) is 7.80. The maximum atomic E-state index is 13.4. The third-order valence-corrected chi connectivity index (χ3v) is 5.90. The van der Waals surface area contributed by atoms with E-state index in [-0.39, 0.29) is 17.7 Å². The molecule has 0 saturated carbocycles. The Morgan fingerprint density at radius 2 is 1.40 bits per heavy atom. The maximum Gasteiger partial charge on any atom is 0.230 e. The Morgan fingerprint density at radius 1 is 0.833 bits per heavy atom. The Kier molecular flexibility index (Phi) is 5.94. The van der Waals surface area contributed by atoms with Gasteiger partial charge < -0.3 is 4.90 Å². The van der Waals surface area contributed by atoms with Gasteiger partial charge in [0.1, 0.15) is 0 Å². The minimum Gasteiger partial charge on any atom is -0.312 e. The van der Waals surface area contributed by atoms with Crippen LogP contribution in [0.4, 0.5) is 0 Å². The number of nitrogens with zero attached hydrogens (tertiary/aromatic N) is 1. The first-order chi connectivity index (χ1) is 14.7.